The lowest BCUT2D eigenvalue weighted by molar-refractivity contribution is 1.31. The quantitative estimate of drug-likeness (QED) is 0.545. The number of hydrogen-bond acceptors (Lipinski definition) is 2. The smallest absolute Gasteiger partial charge is 0.230 e. The number of aromatic nitrogens is 1. The van der Waals surface area contributed by atoms with Crippen LogP contribution in [-0.2, 0) is 0 Å². The molecule has 0 bridgehead atoms. The summed E-state index contributed by atoms with van der Waals surface area (Å²) in [6.07, 6.45) is 1.60. The third-order valence-corrected chi connectivity index (χ3v) is 1.27. The molecule has 0 unspecified atom stereocenters. The Morgan fingerprint density at radius 2 is 2.40 bits per heavy atom. The minimum atomic E-state index is 0.315. The number of hydrogen-bond donors (Lipinski definition) is 1. The Bertz CT molecular complexity index is 265. The fourth-order valence-electron chi connectivity index (χ4n) is 0.717. The molecule has 1 aromatic rings. The van der Waals surface area contributed by atoms with Gasteiger partial charge in [0.1, 0.15) is 5.82 Å². The molecular weight excluding hydrogens is 126 g/mol. The molecule has 0 aliphatic rings. The van der Waals surface area contributed by atoms with Crippen molar-refractivity contribution < 1.29 is 0 Å². The number of rotatable bonds is 0. The van der Waals surface area contributed by atoms with Gasteiger partial charge in [0.2, 0.25) is 5.69 Å². The number of anilines is 1. The van der Waals surface area contributed by atoms with E-state index in [0.29, 0.717) is 11.5 Å². The lowest BCUT2D eigenvalue weighted by atomic mass is 10.2. The molecule has 10 heavy (non-hydrogen) atoms. The molecular formula is C7H7N3. The molecule has 0 aliphatic carbocycles. The molecule has 0 amide bonds. The van der Waals surface area contributed by atoms with E-state index >= 15 is 0 Å². The second kappa shape index (κ2) is 2.36. The van der Waals surface area contributed by atoms with E-state index in [1.54, 1.807) is 12.3 Å². The van der Waals surface area contributed by atoms with Crippen LogP contribution in [0.2, 0.25) is 0 Å². The van der Waals surface area contributed by atoms with Gasteiger partial charge < -0.3 is 5.73 Å². The Kier molecular flexibility index (Phi) is 1.55. The SMILES string of the molecule is [C-]#[N+]c1c(C)ccnc1N. The Balaban J connectivity index is 3.34. The summed E-state index contributed by atoms with van der Waals surface area (Å²) in [6, 6.07) is 1.77. The molecule has 1 rings (SSSR count). The Morgan fingerprint density at radius 3 is 2.80 bits per heavy atom. The van der Waals surface area contributed by atoms with Crippen molar-refractivity contribution in [3.63, 3.8) is 0 Å². The van der Waals surface area contributed by atoms with Gasteiger partial charge in [0.25, 0.3) is 0 Å². The van der Waals surface area contributed by atoms with E-state index in [1.165, 1.54) is 0 Å². The van der Waals surface area contributed by atoms with Crippen LogP contribution < -0.4 is 5.73 Å². The monoisotopic (exact) mass is 133 g/mol. The van der Waals surface area contributed by atoms with E-state index in [2.05, 4.69) is 9.83 Å². The molecule has 0 saturated carbocycles. The van der Waals surface area contributed by atoms with Gasteiger partial charge in [-0.25, -0.2) is 4.85 Å². The summed E-state index contributed by atoms with van der Waals surface area (Å²) >= 11 is 0. The molecule has 1 heterocycles. The maximum atomic E-state index is 6.73. The van der Waals surface area contributed by atoms with Crippen molar-refractivity contribution in [2.24, 2.45) is 0 Å². The predicted molar refractivity (Wildman–Crippen MR) is 39.6 cm³/mol. The van der Waals surface area contributed by atoms with Gasteiger partial charge in [-0.2, -0.15) is 0 Å². The van der Waals surface area contributed by atoms with Gasteiger partial charge in [-0.1, -0.05) is 6.07 Å². The van der Waals surface area contributed by atoms with E-state index < -0.39 is 0 Å². The molecule has 0 fully saturated rings. The molecule has 0 radical (unpaired) electrons. The van der Waals surface area contributed by atoms with Crippen LogP contribution in [0.1, 0.15) is 5.56 Å². The summed E-state index contributed by atoms with van der Waals surface area (Å²) in [5.41, 5.74) is 6.75. The molecule has 0 atom stereocenters. The normalized spacial score (nSPS) is 8.80. The van der Waals surface area contributed by atoms with Crippen molar-refractivity contribution in [3.05, 3.63) is 29.2 Å². The summed E-state index contributed by atoms with van der Waals surface area (Å²) in [5.74, 6) is 0.315. The first-order chi connectivity index (χ1) is 4.75. The highest BCUT2D eigenvalue weighted by molar-refractivity contribution is 5.66. The largest absolute Gasteiger partial charge is 0.392 e. The summed E-state index contributed by atoms with van der Waals surface area (Å²) in [6.45, 7) is 8.57. The van der Waals surface area contributed by atoms with Gasteiger partial charge in [0.15, 0.2) is 0 Å². The first kappa shape index (κ1) is 6.56. The molecule has 0 aromatic carbocycles. The van der Waals surface area contributed by atoms with Gasteiger partial charge in [0, 0.05) is 6.20 Å². The zero-order valence-electron chi connectivity index (χ0n) is 5.63. The third kappa shape index (κ3) is 0.914. The molecule has 0 spiro atoms. The van der Waals surface area contributed by atoms with Gasteiger partial charge in [0.05, 0.1) is 6.57 Å². The fourth-order valence-corrected chi connectivity index (χ4v) is 0.717. The van der Waals surface area contributed by atoms with Crippen molar-refractivity contribution >= 4 is 11.5 Å². The lowest BCUT2D eigenvalue weighted by Gasteiger charge is -1.97. The fraction of sp³-hybridized carbons (Fsp3) is 0.143. The van der Waals surface area contributed by atoms with Crippen LogP contribution in [-0.4, -0.2) is 4.98 Å². The van der Waals surface area contributed by atoms with E-state index in [9.17, 15) is 0 Å². The molecule has 0 saturated heterocycles. The highest BCUT2D eigenvalue weighted by atomic mass is 14.9. The Hall–Kier alpha value is -1.56. The highest BCUT2D eigenvalue weighted by Gasteiger charge is 2.00. The average Bonchev–Trinajstić information content (AvgIpc) is 1.88. The van der Waals surface area contributed by atoms with E-state index in [0.717, 1.165) is 5.56 Å². The standard InChI is InChI=1S/C7H7N3/c1-5-3-4-10-7(8)6(5)9-2/h3-4H,1H3,(H2,8,10). The number of pyridine rings is 1. The van der Waals surface area contributed by atoms with Gasteiger partial charge in [-0.05, 0) is 12.5 Å². The predicted octanol–water partition coefficient (Wildman–Crippen LogP) is 1.52. The highest BCUT2D eigenvalue weighted by Crippen LogP contribution is 2.22. The zero-order chi connectivity index (χ0) is 7.56. The number of nitrogens with two attached hydrogens (primary N) is 1. The van der Waals surface area contributed by atoms with Crippen molar-refractivity contribution in [3.8, 4) is 0 Å². The minimum Gasteiger partial charge on any atom is -0.392 e. The van der Waals surface area contributed by atoms with Gasteiger partial charge in [-0.3, -0.25) is 4.98 Å². The maximum Gasteiger partial charge on any atom is 0.230 e. The van der Waals surface area contributed by atoms with Gasteiger partial charge >= 0.3 is 0 Å². The van der Waals surface area contributed by atoms with Crippen LogP contribution in [0.5, 0.6) is 0 Å². The Labute approximate surface area is 59.3 Å². The first-order valence-corrected chi connectivity index (χ1v) is 2.84. The van der Waals surface area contributed by atoms with E-state index in [-0.39, 0.29) is 0 Å². The van der Waals surface area contributed by atoms with Crippen molar-refractivity contribution in [2.45, 2.75) is 6.92 Å². The molecule has 50 valence electrons. The van der Waals surface area contributed by atoms with Crippen molar-refractivity contribution in [2.75, 3.05) is 5.73 Å². The number of aryl methyl sites for hydroxylation is 1. The van der Waals surface area contributed by atoms with Crippen LogP contribution in [0.3, 0.4) is 0 Å². The molecule has 1 aromatic heterocycles. The third-order valence-electron chi connectivity index (χ3n) is 1.27. The molecule has 3 heteroatoms. The molecule has 3 nitrogen and oxygen atoms in total. The van der Waals surface area contributed by atoms with E-state index in [1.807, 2.05) is 6.92 Å². The van der Waals surface area contributed by atoms with E-state index in [4.69, 9.17) is 12.3 Å². The zero-order valence-corrected chi connectivity index (χ0v) is 5.63. The van der Waals surface area contributed by atoms with Crippen LogP contribution in [0.15, 0.2) is 12.3 Å². The molecule has 2 N–H and O–H groups in total. The Morgan fingerprint density at radius 1 is 1.70 bits per heavy atom. The van der Waals surface area contributed by atoms with Crippen LogP contribution in [0.25, 0.3) is 4.85 Å². The van der Waals surface area contributed by atoms with Crippen LogP contribution >= 0.6 is 0 Å². The lowest BCUT2D eigenvalue weighted by Crippen LogP contribution is -1.89. The van der Waals surface area contributed by atoms with Crippen molar-refractivity contribution in [1.29, 1.82) is 0 Å². The van der Waals surface area contributed by atoms with Crippen molar-refractivity contribution in [1.82, 2.24) is 4.98 Å². The maximum absolute atomic E-state index is 6.73. The summed E-state index contributed by atoms with van der Waals surface area (Å²) in [7, 11) is 0. The van der Waals surface area contributed by atoms with Crippen LogP contribution in [0, 0.1) is 13.5 Å². The first-order valence-electron chi connectivity index (χ1n) is 2.84. The number of nitrogens with zero attached hydrogens (tertiary/aromatic N) is 2. The van der Waals surface area contributed by atoms with Crippen LogP contribution in [0.4, 0.5) is 11.5 Å². The summed E-state index contributed by atoms with van der Waals surface area (Å²) < 4.78 is 0. The minimum absolute atomic E-state index is 0.315. The number of nitrogen functional groups attached to an aromatic ring is 1. The van der Waals surface area contributed by atoms with Gasteiger partial charge in [-0.15, -0.1) is 0 Å². The average molecular weight is 133 g/mol. The second-order valence-corrected chi connectivity index (χ2v) is 1.97. The topological polar surface area (TPSA) is 43.3 Å². The summed E-state index contributed by atoms with van der Waals surface area (Å²) in [5, 5.41) is 0. The second-order valence-electron chi connectivity index (χ2n) is 1.97. The molecule has 0 aliphatic heterocycles. The summed E-state index contributed by atoms with van der Waals surface area (Å²) in [4.78, 5) is 7.01.